The van der Waals surface area contributed by atoms with Gasteiger partial charge < -0.3 is 10.4 Å². The van der Waals surface area contributed by atoms with Crippen LogP contribution in [0.4, 0.5) is 0 Å². The number of amides is 3. The number of rotatable bonds is 7. The van der Waals surface area contributed by atoms with Crippen LogP contribution in [0.5, 0.6) is 0 Å². The number of fused-ring (bicyclic) bond motifs is 1. The summed E-state index contributed by atoms with van der Waals surface area (Å²) in [6, 6.07) is 6.42. The number of thioether (sulfide) groups is 1. The van der Waals surface area contributed by atoms with Gasteiger partial charge in [0.25, 0.3) is 11.8 Å². The third-order valence-corrected chi connectivity index (χ3v) is 3.92. The second-order valence-electron chi connectivity index (χ2n) is 4.54. The van der Waals surface area contributed by atoms with Crippen molar-refractivity contribution < 1.29 is 24.3 Å². The monoisotopic (exact) mass is 322 g/mol. The fourth-order valence-corrected chi connectivity index (χ4v) is 2.57. The Morgan fingerprint density at radius 3 is 2.27 bits per heavy atom. The largest absolute Gasteiger partial charge is 0.481 e. The third kappa shape index (κ3) is 3.64. The SMILES string of the molecule is O=C(O)CSCCNC(=O)CN1C(=O)c2ccccc2C1=O. The van der Waals surface area contributed by atoms with Crippen LogP contribution in [-0.4, -0.2) is 58.3 Å². The summed E-state index contributed by atoms with van der Waals surface area (Å²) in [6.45, 7) is -0.0596. The zero-order valence-electron chi connectivity index (χ0n) is 11.6. The van der Waals surface area contributed by atoms with Crippen molar-refractivity contribution in [3.8, 4) is 0 Å². The van der Waals surface area contributed by atoms with Crippen LogP contribution in [0.1, 0.15) is 20.7 Å². The molecule has 0 bridgehead atoms. The number of hydrogen-bond acceptors (Lipinski definition) is 5. The van der Waals surface area contributed by atoms with E-state index in [0.717, 1.165) is 4.90 Å². The molecule has 1 aliphatic rings. The molecule has 0 spiro atoms. The quantitative estimate of drug-likeness (QED) is 0.550. The smallest absolute Gasteiger partial charge is 0.313 e. The van der Waals surface area contributed by atoms with Gasteiger partial charge in [-0.1, -0.05) is 12.1 Å². The highest BCUT2D eigenvalue weighted by atomic mass is 32.2. The topological polar surface area (TPSA) is 104 Å². The molecule has 0 atom stereocenters. The summed E-state index contributed by atoms with van der Waals surface area (Å²) in [6.07, 6.45) is 0. The van der Waals surface area contributed by atoms with Crippen LogP contribution >= 0.6 is 11.8 Å². The van der Waals surface area contributed by atoms with Gasteiger partial charge in [-0.2, -0.15) is 0 Å². The Bertz CT molecular complexity index is 596. The van der Waals surface area contributed by atoms with Gasteiger partial charge in [-0.05, 0) is 12.1 Å². The Hall–Kier alpha value is -2.35. The lowest BCUT2D eigenvalue weighted by Gasteiger charge is -2.13. The van der Waals surface area contributed by atoms with Crippen molar-refractivity contribution >= 4 is 35.5 Å². The molecule has 116 valence electrons. The molecule has 22 heavy (non-hydrogen) atoms. The van der Waals surface area contributed by atoms with Gasteiger partial charge in [-0.3, -0.25) is 24.1 Å². The maximum absolute atomic E-state index is 12.0. The van der Waals surface area contributed by atoms with Crippen molar-refractivity contribution in [3.05, 3.63) is 35.4 Å². The van der Waals surface area contributed by atoms with E-state index in [1.54, 1.807) is 24.3 Å². The average Bonchev–Trinajstić information content (AvgIpc) is 2.72. The summed E-state index contributed by atoms with van der Waals surface area (Å²) in [5.74, 6) is -1.91. The van der Waals surface area contributed by atoms with Crippen molar-refractivity contribution in [3.63, 3.8) is 0 Å². The number of benzene rings is 1. The van der Waals surface area contributed by atoms with E-state index in [-0.39, 0.29) is 18.8 Å². The van der Waals surface area contributed by atoms with E-state index < -0.39 is 23.7 Å². The summed E-state index contributed by atoms with van der Waals surface area (Å²) in [4.78, 5) is 47.1. The minimum Gasteiger partial charge on any atom is -0.481 e. The van der Waals surface area contributed by atoms with Crippen molar-refractivity contribution in [2.45, 2.75) is 0 Å². The first-order valence-electron chi connectivity index (χ1n) is 6.52. The maximum atomic E-state index is 12.0. The second-order valence-corrected chi connectivity index (χ2v) is 5.64. The number of carbonyl (C=O) groups is 4. The van der Waals surface area contributed by atoms with Crippen molar-refractivity contribution in [2.24, 2.45) is 0 Å². The highest BCUT2D eigenvalue weighted by molar-refractivity contribution is 7.99. The molecule has 0 aromatic heterocycles. The molecule has 1 aromatic carbocycles. The van der Waals surface area contributed by atoms with E-state index >= 15 is 0 Å². The summed E-state index contributed by atoms with van der Waals surface area (Å²) >= 11 is 1.18. The molecule has 7 nitrogen and oxygen atoms in total. The molecule has 8 heteroatoms. The number of carboxylic acids is 1. The molecule has 2 rings (SSSR count). The number of aliphatic carboxylic acids is 1. The van der Waals surface area contributed by atoms with Gasteiger partial charge >= 0.3 is 5.97 Å². The number of carboxylic acid groups (broad SMARTS) is 1. The fourth-order valence-electron chi connectivity index (χ4n) is 2.00. The van der Waals surface area contributed by atoms with Crippen LogP contribution in [0.25, 0.3) is 0 Å². The second kappa shape index (κ2) is 7.08. The van der Waals surface area contributed by atoms with Gasteiger partial charge in [0.15, 0.2) is 0 Å². The van der Waals surface area contributed by atoms with Crippen LogP contribution in [0.15, 0.2) is 24.3 Å². The van der Waals surface area contributed by atoms with Crippen LogP contribution in [0.3, 0.4) is 0 Å². The Balaban J connectivity index is 1.82. The Morgan fingerprint density at radius 1 is 1.14 bits per heavy atom. The standard InChI is InChI=1S/C14H14N2O5S/c17-11(15-5-6-22-8-12(18)19)7-16-13(20)9-3-1-2-4-10(9)14(16)21/h1-4H,5-8H2,(H,15,17)(H,18,19). The van der Waals surface area contributed by atoms with Crippen LogP contribution in [0, 0.1) is 0 Å². The lowest BCUT2D eigenvalue weighted by Crippen LogP contribution is -2.41. The molecule has 3 amide bonds. The molecule has 0 unspecified atom stereocenters. The predicted molar refractivity (Wildman–Crippen MR) is 79.8 cm³/mol. The van der Waals surface area contributed by atoms with E-state index in [0.29, 0.717) is 16.9 Å². The van der Waals surface area contributed by atoms with Gasteiger partial charge in [0, 0.05) is 12.3 Å². The zero-order chi connectivity index (χ0) is 16.1. The predicted octanol–water partition coefficient (Wildman–Crippen LogP) is 0.217. The highest BCUT2D eigenvalue weighted by Crippen LogP contribution is 2.21. The first-order valence-corrected chi connectivity index (χ1v) is 7.67. The summed E-state index contributed by atoms with van der Waals surface area (Å²) in [5.41, 5.74) is 0.606. The average molecular weight is 322 g/mol. The number of nitrogens with zero attached hydrogens (tertiary/aromatic N) is 1. The van der Waals surface area contributed by atoms with Crippen LogP contribution in [-0.2, 0) is 9.59 Å². The number of hydrogen-bond donors (Lipinski definition) is 2. The number of carbonyl (C=O) groups excluding carboxylic acids is 3. The lowest BCUT2D eigenvalue weighted by molar-refractivity contribution is -0.133. The Morgan fingerprint density at radius 2 is 1.73 bits per heavy atom. The summed E-state index contributed by atoms with van der Waals surface area (Å²) in [7, 11) is 0. The molecule has 2 N–H and O–H groups in total. The van der Waals surface area contributed by atoms with E-state index in [9.17, 15) is 19.2 Å². The zero-order valence-corrected chi connectivity index (χ0v) is 12.4. The van der Waals surface area contributed by atoms with Crippen molar-refractivity contribution in [2.75, 3.05) is 24.6 Å². The molecular weight excluding hydrogens is 308 g/mol. The molecule has 0 aliphatic carbocycles. The van der Waals surface area contributed by atoms with Crippen LogP contribution in [0.2, 0.25) is 0 Å². The molecule has 0 saturated heterocycles. The Labute approximate surface area is 130 Å². The molecule has 0 saturated carbocycles. The van der Waals surface area contributed by atoms with Gasteiger partial charge in [0.05, 0.1) is 16.9 Å². The highest BCUT2D eigenvalue weighted by Gasteiger charge is 2.36. The minimum absolute atomic E-state index is 0.0335. The molecule has 1 aromatic rings. The van der Waals surface area contributed by atoms with Crippen molar-refractivity contribution in [1.29, 1.82) is 0 Å². The molecule has 1 heterocycles. The third-order valence-electron chi connectivity index (χ3n) is 2.97. The molecule has 1 aliphatic heterocycles. The number of imide groups is 1. The molecule has 0 fully saturated rings. The first kappa shape index (κ1) is 16.0. The van der Waals surface area contributed by atoms with Crippen molar-refractivity contribution in [1.82, 2.24) is 10.2 Å². The fraction of sp³-hybridized carbons (Fsp3) is 0.286. The van der Waals surface area contributed by atoms with Gasteiger partial charge in [-0.25, -0.2) is 0 Å². The van der Waals surface area contributed by atoms with Gasteiger partial charge in [-0.15, -0.1) is 11.8 Å². The number of nitrogens with one attached hydrogen (secondary N) is 1. The van der Waals surface area contributed by atoms with E-state index in [1.165, 1.54) is 11.8 Å². The van der Waals surface area contributed by atoms with E-state index in [4.69, 9.17) is 5.11 Å². The van der Waals surface area contributed by atoms with Crippen LogP contribution < -0.4 is 5.32 Å². The lowest BCUT2D eigenvalue weighted by atomic mass is 10.1. The normalized spacial score (nSPS) is 13.2. The van der Waals surface area contributed by atoms with Gasteiger partial charge in [0.2, 0.25) is 5.91 Å². The first-order chi connectivity index (χ1) is 10.5. The minimum atomic E-state index is -0.914. The molecular formula is C14H14N2O5S. The van der Waals surface area contributed by atoms with E-state index in [1.807, 2.05) is 0 Å². The Kier molecular flexibility index (Phi) is 5.16. The van der Waals surface area contributed by atoms with E-state index in [2.05, 4.69) is 5.32 Å². The van der Waals surface area contributed by atoms with Gasteiger partial charge in [0.1, 0.15) is 6.54 Å². The maximum Gasteiger partial charge on any atom is 0.313 e. The summed E-state index contributed by atoms with van der Waals surface area (Å²) in [5, 5.41) is 11.0. The summed E-state index contributed by atoms with van der Waals surface area (Å²) < 4.78 is 0. The molecule has 0 radical (unpaired) electrons.